The number of amides is 1. The molecule has 1 heterocycles. The maximum Gasteiger partial charge on any atom is 0.371 e. The molecule has 0 spiro atoms. The zero-order chi connectivity index (χ0) is 17.0. The first-order valence-corrected chi connectivity index (χ1v) is 8.80. The first-order chi connectivity index (χ1) is 10.9. The van der Waals surface area contributed by atoms with Crippen molar-refractivity contribution in [2.45, 2.75) is 17.9 Å². The van der Waals surface area contributed by atoms with Crippen molar-refractivity contribution in [1.82, 2.24) is 0 Å². The van der Waals surface area contributed by atoms with Gasteiger partial charge in [-0.15, -0.1) is 0 Å². The van der Waals surface area contributed by atoms with Crippen LogP contribution in [0.1, 0.15) is 23.2 Å². The molecule has 0 aliphatic rings. The van der Waals surface area contributed by atoms with E-state index in [1.165, 1.54) is 12.1 Å². The van der Waals surface area contributed by atoms with Crippen LogP contribution in [0, 0.1) is 0 Å². The number of furan rings is 1. The fourth-order valence-corrected chi connectivity index (χ4v) is 2.98. The molecular formula is C15H14BrNO5S. The fraction of sp³-hybridized carbons (Fsp3) is 0.200. The van der Waals surface area contributed by atoms with Crippen LogP contribution in [-0.2, 0) is 21.3 Å². The van der Waals surface area contributed by atoms with Gasteiger partial charge in [0.15, 0.2) is 0 Å². The second-order valence-electron chi connectivity index (χ2n) is 4.73. The quantitative estimate of drug-likeness (QED) is 0.777. The number of nitrogens with one attached hydrogen (secondary N) is 1. The number of halogens is 1. The topological polar surface area (TPSA) is 96.6 Å². The molecule has 0 bridgehead atoms. The third-order valence-corrected chi connectivity index (χ3v) is 5.13. The van der Waals surface area contributed by atoms with E-state index in [1.54, 1.807) is 31.2 Å². The monoisotopic (exact) mass is 399 g/mol. The molecule has 0 fully saturated rings. The van der Waals surface area contributed by atoms with Crippen molar-refractivity contribution in [1.29, 1.82) is 0 Å². The number of rotatable bonds is 6. The van der Waals surface area contributed by atoms with E-state index >= 15 is 0 Å². The second kappa shape index (κ2) is 7.56. The molecule has 0 radical (unpaired) electrons. The second-order valence-corrected chi connectivity index (χ2v) is 7.41. The Morgan fingerprint density at radius 1 is 1.26 bits per heavy atom. The Bertz CT molecular complexity index is 741. The maximum atomic E-state index is 12.2. The van der Waals surface area contributed by atoms with Gasteiger partial charge >= 0.3 is 5.97 Å². The Hall–Kier alpha value is -1.93. The maximum absolute atomic E-state index is 12.2. The largest absolute Gasteiger partial charge is 0.475 e. The molecule has 1 aromatic heterocycles. The third-order valence-electron chi connectivity index (χ3n) is 3.03. The standard InChI is InChI=1S/C15H14BrNO5S/c1-9(14(18)17-11-4-2-10(16)3-5-11)23(21)8-12-6-7-13(22-12)15(19)20/h2-7,9H,8H2,1H3,(H,17,18)(H,19,20). The van der Waals surface area contributed by atoms with Crippen LogP contribution < -0.4 is 5.32 Å². The van der Waals surface area contributed by atoms with Crippen molar-refractivity contribution in [3.05, 3.63) is 52.4 Å². The minimum atomic E-state index is -1.53. The van der Waals surface area contributed by atoms with Crippen molar-refractivity contribution in [3.63, 3.8) is 0 Å². The fourth-order valence-electron chi connectivity index (χ4n) is 1.73. The number of carboxylic acids is 1. The molecule has 23 heavy (non-hydrogen) atoms. The molecule has 2 atom stereocenters. The lowest BCUT2D eigenvalue weighted by Crippen LogP contribution is -2.29. The molecule has 0 saturated carbocycles. The van der Waals surface area contributed by atoms with Crippen LogP contribution in [0.25, 0.3) is 0 Å². The van der Waals surface area contributed by atoms with Crippen LogP contribution in [0.2, 0.25) is 0 Å². The minimum absolute atomic E-state index is 0.0256. The molecule has 0 aliphatic heterocycles. The number of hydrogen-bond donors (Lipinski definition) is 2. The Morgan fingerprint density at radius 3 is 2.48 bits per heavy atom. The van der Waals surface area contributed by atoms with Gasteiger partial charge in [0.1, 0.15) is 11.0 Å². The summed E-state index contributed by atoms with van der Waals surface area (Å²) in [5.74, 6) is -1.55. The van der Waals surface area contributed by atoms with Gasteiger partial charge in [0.05, 0.1) is 5.75 Å². The summed E-state index contributed by atoms with van der Waals surface area (Å²) in [5.41, 5.74) is 0.605. The molecule has 2 rings (SSSR count). The van der Waals surface area contributed by atoms with Gasteiger partial charge in [0.2, 0.25) is 11.7 Å². The Kier molecular flexibility index (Phi) is 5.73. The first-order valence-electron chi connectivity index (χ1n) is 6.62. The van der Waals surface area contributed by atoms with Gasteiger partial charge in [-0.25, -0.2) is 4.79 Å². The van der Waals surface area contributed by atoms with E-state index in [-0.39, 0.29) is 23.2 Å². The number of carbonyl (C=O) groups excluding carboxylic acids is 1. The van der Waals surface area contributed by atoms with Crippen LogP contribution in [0.3, 0.4) is 0 Å². The highest BCUT2D eigenvalue weighted by molar-refractivity contribution is 9.10. The van der Waals surface area contributed by atoms with Crippen LogP contribution in [0.15, 0.2) is 45.3 Å². The molecule has 0 aliphatic carbocycles. The van der Waals surface area contributed by atoms with E-state index in [0.29, 0.717) is 5.69 Å². The Balaban J connectivity index is 1.96. The van der Waals surface area contributed by atoms with Gasteiger partial charge in [0, 0.05) is 21.0 Å². The van der Waals surface area contributed by atoms with Crippen LogP contribution in [0.5, 0.6) is 0 Å². The SMILES string of the molecule is CC(C(=O)Nc1ccc(Br)cc1)S(=O)Cc1ccc(C(=O)O)o1. The van der Waals surface area contributed by atoms with Crippen molar-refractivity contribution >= 4 is 44.3 Å². The van der Waals surface area contributed by atoms with E-state index < -0.39 is 22.0 Å². The molecule has 0 saturated heterocycles. The summed E-state index contributed by atoms with van der Waals surface area (Å²) in [6.07, 6.45) is 0. The third kappa shape index (κ3) is 4.77. The highest BCUT2D eigenvalue weighted by Crippen LogP contribution is 2.16. The molecule has 2 unspecified atom stereocenters. The average Bonchev–Trinajstić information content (AvgIpc) is 2.97. The summed E-state index contributed by atoms with van der Waals surface area (Å²) in [6, 6.07) is 9.76. The first kappa shape index (κ1) is 17.4. The number of aromatic carboxylic acids is 1. The highest BCUT2D eigenvalue weighted by atomic mass is 79.9. The molecule has 1 aromatic carbocycles. The van der Waals surface area contributed by atoms with E-state index in [2.05, 4.69) is 21.2 Å². The molecule has 2 aromatic rings. The van der Waals surface area contributed by atoms with Crippen LogP contribution in [0.4, 0.5) is 5.69 Å². The Labute approximate surface area is 143 Å². The number of hydrogen-bond acceptors (Lipinski definition) is 4. The normalized spacial score (nSPS) is 13.3. The van der Waals surface area contributed by atoms with Gasteiger partial charge in [-0.05, 0) is 43.3 Å². The average molecular weight is 400 g/mol. The van der Waals surface area contributed by atoms with E-state index in [1.807, 2.05) is 0 Å². The highest BCUT2D eigenvalue weighted by Gasteiger charge is 2.22. The summed E-state index contributed by atoms with van der Waals surface area (Å²) < 4.78 is 18.1. The predicted molar refractivity (Wildman–Crippen MR) is 89.7 cm³/mol. The molecule has 2 N–H and O–H groups in total. The van der Waals surface area contributed by atoms with Crippen molar-refractivity contribution in [2.75, 3.05) is 5.32 Å². The lowest BCUT2D eigenvalue weighted by atomic mass is 10.3. The molecule has 122 valence electrons. The van der Waals surface area contributed by atoms with Gasteiger partial charge in [0.25, 0.3) is 0 Å². The molecule has 8 heteroatoms. The smallest absolute Gasteiger partial charge is 0.371 e. The minimum Gasteiger partial charge on any atom is -0.475 e. The predicted octanol–water partition coefficient (Wildman–Crippen LogP) is 3.02. The summed E-state index contributed by atoms with van der Waals surface area (Å²) in [4.78, 5) is 22.8. The number of anilines is 1. The van der Waals surface area contributed by atoms with Crippen molar-refractivity contribution in [2.24, 2.45) is 0 Å². The number of benzene rings is 1. The lowest BCUT2D eigenvalue weighted by molar-refractivity contribution is -0.115. The lowest BCUT2D eigenvalue weighted by Gasteiger charge is -2.11. The van der Waals surface area contributed by atoms with Crippen molar-refractivity contribution < 1.29 is 23.3 Å². The van der Waals surface area contributed by atoms with E-state index in [0.717, 1.165) is 4.47 Å². The van der Waals surface area contributed by atoms with E-state index in [4.69, 9.17) is 9.52 Å². The summed E-state index contributed by atoms with van der Waals surface area (Å²) >= 11 is 3.30. The zero-order valence-electron chi connectivity index (χ0n) is 12.1. The molecule has 6 nitrogen and oxygen atoms in total. The number of carbonyl (C=O) groups is 2. The molecule has 1 amide bonds. The van der Waals surface area contributed by atoms with Gasteiger partial charge in [-0.3, -0.25) is 9.00 Å². The summed E-state index contributed by atoms with van der Waals surface area (Å²) in [6.45, 7) is 1.55. The van der Waals surface area contributed by atoms with Crippen LogP contribution >= 0.6 is 15.9 Å². The van der Waals surface area contributed by atoms with Gasteiger partial charge in [-0.2, -0.15) is 0 Å². The summed E-state index contributed by atoms with van der Waals surface area (Å²) in [5, 5.41) is 10.7. The van der Waals surface area contributed by atoms with E-state index in [9.17, 15) is 13.8 Å². The number of carboxylic acid groups (broad SMARTS) is 1. The summed E-state index contributed by atoms with van der Waals surface area (Å²) in [7, 11) is -1.53. The van der Waals surface area contributed by atoms with Crippen LogP contribution in [-0.4, -0.2) is 26.4 Å². The van der Waals surface area contributed by atoms with Gasteiger partial charge < -0.3 is 14.8 Å². The molecular weight excluding hydrogens is 386 g/mol. The Morgan fingerprint density at radius 2 is 1.91 bits per heavy atom. The van der Waals surface area contributed by atoms with Gasteiger partial charge in [-0.1, -0.05) is 15.9 Å². The van der Waals surface area contributed by atoms with Crippen molar-refractivity contribution in [3.8, 4) is 0 Å². The zero-order valence-corrected chi connectivity index (χ0v) is 14.5.